The molecular weight excluding hydrogens is 308 g/mol. The third-order valence-corrected chi connectivity index (χ3v) is 3.09. The normalized spacial score (nSPS) is 11.5. The van der Waals surface area contributed by atoms with Gasteiger partial charge in [0.2, 0.25) is 0 Å². The number of nitrogens with zero attached hydrogens (tertiary/aromatic N) is 1. The molecule has 0 heterocycles. The van der Waals surface area contributed by atoms with Gasteiger partial charge in [-0.3, -0.25) is 14.9 Å². The first-order valence-electron chi connectivity index (χ1n) is 6.43. The Hall–Kier alpha value is -2.60. The maximum Gasteiger partial charge on any atom is 0.269 e. The molecule has 0 aliphatic carbocycles. The zero-order valence-corrected chi connectivity index (χ0v) is 12.4. The lowest BCUT2D eigenvalue weighted by Crippen LogP contribution is -2.30. The molecule has 2 aromatic carbocycles. The smallest absolute Gasteiger partial charge is 0.269 e. The molecule has 1 atom stereocenters. The number of hydrogen-bond acceptors (Lipinski definition) is 4. The van der Waals surface area contributed by atoms with Gasteiger partial charge in [0, 0.05) is 22.8 Å². The molecule has 1 amide bonds. The Morgan fingerprint density at radius 3 is 2.32 bits per heavy atom. The molecule has 0 fully saturated rings. The molecule has 0 saturated heterocycles. The van der Waals surface area contributed by atoms with Gasteiger partial charge in [-0.1, -0.05) is 11.6 Å². The first-order valence-corrected chi connectivity index (χ1v) is 6.81. The van der Waals surface area contributed by atoms with Crippen LogP contribution in [0.5, 0.6) is 5.75 Å². The number of ether oxygens (including phenoxy) is 1. The second-order valence-electron chi connectivity index (χ2n) is 4.51. The summed E-state index contributed by atoms with van der Waals surface area (Å²) in [6.07, 6.45) is -0.753. The molecule has 0 aromatic heterocycles. The van der Waals surface area contributed by atoms with E-state index in [2.05, 4.69) is 5.32 Å². The summed E-state index contributed by atoms with van der Waals surface area (Å²) in [5.74, 6) is 0.0463. The van der Waals surface area contributed by atoms with E-state index < -0.39 is 11.0 Å². The average molecular weight is 321 g/mol. The predicted molar refractivity (Wildman–Crippen MR) is 83.3 cm³/mol. The number of nitro benzene ring substituents is 1. The molecule has 114 valence electrons. The highest BCUT2D eigenvalue weighted by Crippen LogP contribution is 2.19. The van der Waals surface area contributed by atoms with Crippen molar-refractivity contribution in [3.8, 4) is 5.75 Å². The third-order valence-electron chi connectivity index (χ3n) is 2.84. The van der Waals surface area contributed by atoms with Gasteiger partial charge in [-0.25, -0.2) is 0 Å². The molecule has 0 unspecified atom stereocenters. The summed E-state index contributed by atoms with van der Waals surface area (Å²) in [4.78, 5) is 22.1. The van der Waals surface area contributed by atoms with Gasteiger partial charge < -0.3 is 10.1 Å². The van der Waals surface area contributed by atoms with E-state index in [4.69, 9.17) is 16.3 Å². The molecule has 0 saturated carbocycles. The fourth-order valence-electron chi connectivity index (χ4n) is 1.68. The fraction of sp³-hybridized carbons (Fsp3) is 0.133. The van der Waals surface area contributed by atoms with E-state index in [-0.39, 0.29) is 11.6 Å². The molecule has 0 radical (unpaired) electrons. The van der Waals surface area contributed by atoms with Crippen molar-refractivity contribution in [2.24, 2.45) is 0 Å². The second-order valence-corrected chi connectivity index (χ2v) is 4.94. The van der Waals surface area contributed by atoms with Gasteiger partial charge in [0.05, 0.1) is 4.92 Å². The van der Waals surface area contributed by atoms with E-state index in [1.807, 2.05) is 0 Å². The van der Waals surface area contributed by atoms with Crippen molar-refractivity contribution in [3.05, 3.63) is 63.7 Å². The Kier molecular flexibility index (Phi) is 4.95. The number of carbonyl (C=O) groups is 1. The maximum absolute atomic E-state index is 12.0. The Bertz CT molecular complexity index is 671. The molecule has 0 aliphatic rings. The molecule has 2 aromatic rings. The minimum Gasteiger partial charge on any atom is -0.481 e. The van der Waals surface area contributed by atoms with Crippen molar-refractivity contribution in [2.75, 3.05) is 5.32 Å². The van der Waals surface area contributed by atoms with Crippen LogP contribution in [0.4, 0.5) is 11.4 Å². The largest absolute Gasteiger partial charge is 0.481 e. The lowest BCUT2D eigenvalue weighted by molar-refractivity contribution is -0.384. The molecule has 22 heavy (non-hydrogen) atoms. The zero-order chi connectivity index (χ0) is 16.1. The van der Waals surface area contributed by atoms with Gasteiger partial charge in [0.1, 0.15) is 5.75 Å². The van der Waals surface area contributed by atoms with Crippen LogP contribution in [0.3, 0.4) is 0 Å². The molecule has 1 N–H and O–H groups in total. The number of benzene rings is 2. The highest BCUT2D eigenvalue weighted by molar-refractivity contribution is 6.30. The summed E-state index contributed by atoms with van der Waals surface area (Å²) in [6, 6.07) is 12.2. The monoisotopic (exact) mass is 320 g/mol. The number of carbonyl (C=O) groups excluding carboxylic acids is 1. The van der Waals surface area contributed by atoms with E-state index in [0.29, 0.717) is 16.5 Å². The molecule has 2 rings (SSSR count). The lowest BCUT2D eigenvalue weighted by Gasteiger charge is -2.14. The fourth-order valence-corrected chi connectivity index (χ4v) is 1.81. The van der Waals surface area contributed by atoms with E-state index in [9.17, 15) is 14.9 Å². The van der Waals surface area contributed by atoms with Crippen LogP contribution in [-0.2, 0) is 4.79 Å². The van der Waals surface area contributed by atoms with E-state index in [1.165, 1.54) is 24.3 Å². The standard InChI is InChI=1S/C15H13ClN2O4/c1-10(15(19)17-12-4-2-11(16)3-5-12)22-14-8-6-13(7-9-14)18(20)21/h2-10H,1H3,(H,17,19)/t10-/m0/s1. The van der Waals surface area contributed by atoms with Crippen molar-refractivity contribution in [3.63, 3.8) is 0 Å². The number of rotatable bonds is 5. The molecule has 0 aliphatic heterocycles. The van der Waals surface area contributed by atoms with Crippen LogP contribution in [0.1, 0.15) is 6.92 Å². The molecular formula is C15H13ClN2O4. The summed E-state index contributed by atoms with van der Waals surface area (Å²) in [6.45, 7) is 1.59. The van der Waals surface area contributed by atoms with Crippen LogP contribution >= 0.6 is 11.6 Å². The first-order chi connectivity index (χ1) is 10.5. The van der Waals surface area contributed by atoms with Gasteiger partial charge in [-0.05, 0) is 43.3 Å². The number of anilines is 1. The summed E-state index contributed by atoms with van der Waals surface area (Å²) < 4.78 is 5.45. The molecule has 7 heteroatoms. The summed E-state index contributed by atoms with van der Waals surface area (Å²) in [7, 11) is 0. The van der Waals surface area contributed by atoms with Crippen molar-refractivity contribution < 1.29 is 14.5 Å². The molecule has 0 bridgehead atoms. The van der Waals surface area contributed by atoms with Gasteiger partial charge >= 0.3 is 0 Å². The Balaban J connectivity index is 1.95. The summed E-state index contributed by atoms with van der Waals surface area (Å²) in [5, 5.41) is 13.8. The van der Waals surface area contributed by atoms with E-state index in [0.717, 1.165) is 0 Å². The number of amides is 1. The molecule has 6 nitrogen and oxygen atoms in total. The van der Waals surface area contributed by atoms with Crippen LogP contribution < -0.4 is 10.1 Å². The predicted octanol–water partition coefficient (Wildman–Crippen LogP) is 3.65. The number of halogens is 1. The lowest BCUT2D eigenvalue weighted by atomic mass is 10.3. The summed E-state index contributed by atoms with van der Waals surface area (Å²) >= 11 is 5.77. The van der Waals surface area contributed by atoms with Crippen LogP contribution in [0, 0.1) is 10.1 Å². The van der Waals surface area contributed by atoms with Crippen LogP contribution in [0.25, 0.3) is 0 Å². The number of nitrogens with one attached hydrogen (secondary N) is 1. The minimum atomic E-state index is -0.753. The Morgan fingerprint density at radius 1 is 1.18 bits per heavy atom. The van der Waals surface area contributed by atoms with E-state index >= 15 is 0 Å². The molecule has 0 spiro atoms. The maximum atomic E-state index is 12.0. The van der Waals surface area contributed by atoms with Crippen molar-refractivity contribution in [2.45, 2.75) is 13.0 Å². The third kappa shape index (κ3) is 4.20. The number of non-ortho nitro benzene ring substituents is 1. The van der Waals surface area contributed by atoms with Crippen molar-refractivity contribution in [1.82, 2.24) is 0 Å². The van der Waals surface area contributed by atoms with Crippen molar-refractivity contribution >= 4 is 28.9 Å². The highest BCUT2D eigenvalue weighted by atomic mass is 35.5. The van der Waals surface area contributed by atoms with Crippen molar-refractivity contribution in [1.29, 1.82) is 0 Å². The number of hydrogen-bond donors (Lipinski definition) is 1. The van der Waals surface area contributed by atoms with Crippen LogP contribution in [0.15, 0.2) is 48.5 Å². The van der Waals surface area contributed by atoms with Gasteiger partial charge in [-0.15, -0.1) is 0 Å². The highest BCUT2D eigenvalue weighted by Gasteiger charge is 2.15. The van der Waals surface area contributed by atoms with Gasteiger partial charge in [-0.2, -0.15) is 0 Å². The summed E-state index contributed by atoms with van der Waals surface area (Å²) in [5.41, 5.74) is 0.569. The SMILES string of the molecule is C[C@H](Oc1ccc([N+](=O)[O-])cc1)C(=O)Nc1ccc(Cl)cc1. The second kappa shape index (κ2) is 6.91. The topological polar surface area (TPSA) is 81.5 Å². The Morgan fingerprint density at radius 2 is 1.77 bits per heavy atom. The van der Waals surface area contributed by atoms with Gasteiger partial charge in [0.15, 0.2) is 6.10 Å². The van der Waals surface area contributed by atoms with Crippen LogP contribution in [-0.4, -0.2) is 16.9 Å². The first kappa shape index (κ1) is 15.8. The Labute approximate surface area is 131 Å². The zero-order valence-electron chi connectivity index (χ0n) is 11.7. The van der Waals surface area contributed by atoms with Crippen LogP contribution in [0.2, 0.25) is 5.02 Å². The average Bonchev–Trinajstić information content (AvgIpc) is 2.50. The quantitative estimate of drug-likeness (QED) is 0.673. The van der Waals surface area contributed by atoms with E-state index in [1.54, 1.807) is 31.2 Å². The number of nitro groups is 1. The minimum absolute atomic E-state index is 0.0365. The van der Waals surface area contributed by atoms with Gasteiger partial charge in [0.25, 0.3) is 11.6 Å².